The molecule has 1 fully saturated rings. The summed E-state index contributed by atoms with van der Waals surface area (Å²) in [4.78, 5) is 2.50. The van der Waals surface area contributed by atoms with E-state index in [1.807, 2.05) is 11.7 Å². The smallest absolute Gasteiger partial charge is 0.130 e. The van der Waals surface area contributed by atoms with Crippen LogP contribution in [0.25, 0.3) is 0 Å². The molecule has 2 N–H and O–H groups in total. The van der Waals surface area contributed by atoms with Crippen molar-refractivity contribution in [3.8, 4) is 0 Å². The normalized spacial score (nSPS) is 20.3. The number of hydrogen-bond acceptors (Lipinski definition) is 3. The second-order valence-corrected chi connectivity index (χ2v) is 6.85. The summed E-state index contributed by atoms with van der Waals surface area (Å²) in [6.45, 7) is 12.1. The standard InChI is InChI=1S/C15H28N4/c1-11-13(6-8-16)14(18(5)17-11)19-9-7-12(10-19)15(2,3)4/h12H,6-10,16H2,1-5H3. The minimum atomic E-state index is 0.385. The van der Waals surface area contributed by atoms with Crippen molar-refractivity contribution in [3.05, 3.63) is 11.3 Å². The van der Waals surface area contributed by atoms with E-state index in [0.717, 1.165) is 31.1 Å². The highest BCUT2D eigenvalue weighted by Crippen LogP contribution is 2.37. The zero-order chi connectivity index (χ0) is 14.2. The van der Waals surface area contributed by atoms with E-state index >= 15 is 0 Å². The van der Waals surface area contributed by atoms with Gasteiger partial charge in [-0.25, -0.2) is 0 Å². The molecule has 4 heteroatoms. The molecule has 0 aromatic carbocycles. The Bertz CT molecular complexity index is 442. The topological polar surface area (TPSA) is 47.1 Å². The SMILES string of the molecule is Cc1nn(C)c(N2CCC(C(C)(C)C)C2)c1CCN. The van der Waals surface area contributed by atoms with Gasteiger partial charge >= 0.3 is 0 Å². The molecule has 1 saturated heterocycles. The number of anilines is 1. The van der Waals surface area contributed by atoms with Gasteiger partial charge in [0.2, 0.25) is 0 Å². The molecular weight excluding hydrogens is 236 g/mol. The number of hydrogen-bond donors (Lipinski definition) is 1. The molecule has 1 aliphatic rings. The lowest BCUT2D eigenvalue weighted by atomic mass is 9.80. The maximum absolute atomic E-state index is 5.75. The second kappa shape index (κ2) is 5.16. The average molecular weight is 264 g/mol. The van der Waals surface area contributed by atoms with Crippen molar-refractivity contribution in [2.24, 2.45) is 24.1 Å². The van der Waals surface area contributed by atoms with Crippen LogP contribution in [-0.2, 0) is 13.5 Å². The molecule has 0 bridgehead atoms. The molecule has 1 aromatic rings. The first-order valence-corrected chi connectivity index (χ1v) is 7.32. The van der Waals surface area contributed by atoms with Crippen LogP contribution in [0.3, 0.4) is 0 Å². The van der Waals surface area contributed by atoms with Gasteiger partial charge in [-0.1, -0.05) is 20.8 Å². The summed E-state index contributed by atoms with van der Waals surface area (Å²) in [5.74, 6) is 2.04. The van der Waals surface area contributed by atoms with E-state index in [4.69, 9.17) is 5.73 Å². The van der Waals surface area contributed by atoms with Gasteiger partial charge in [0, 0.05) is 25.7 Å². The number of rotatable bonds is 3. The highest BCUT2D eigenvalue weighted by molar-refractivity contribution is 5.51. The molecule has 0 aliphatic carbocycles. The van der Waals surface area contributed by atoms with Crippen LogP contribution in [0, 0.1) is 18.3 Å². The Morgan fingerprint density at radius 3 is 2.58 bits per heavy atom. The maximum atomic E-state index is 5.75. The van der Waals surface area contributed by atoms with E-state index in [-0.39, 0.29) is 0 Å². The van der Waals surface area contributed by atoms with Gasteiger partial charge in [0.25, 0.3) is 0 Å². The average Bonchev–Trinajstić information content (AvgIpc) is 2.85. The zero-order valence-electron chi connectivity index (χ0n) is 13.0. The zero-order valence-corrected chi connectivity index (χ0v) is 13.0. The van der Waals surface area contributed by atoms with Gasteiger partial charge in [0.05, 0.1) is 5.69 Å². The Morgan fingerprint density at radius 1 is 1.37 bits per heavy atom. The van der Waals surface area contributed by atoms with Crippen molar-refractivity contribution < 1.29 is 0 Å². The van der Waals surface area contributed by atoms with E-state index < -0.39 is 0 Å². The Morgan fingerprint density at radius 2 is 2.05 bits per heavy atom. The number of aryl methyl sites for hydroxylation is 2. The van der Waals surface area contributed by atoms with Crippen LogP contribution in [0.5, 0.6) is 0 Å². The quantitative estimate of drug-likeness (QED) is 0.909. The third kappa shape index (κ3) is 2.78. The van der Waals surface area contributed by atoms with Crippen molar-refractivity contribution in [2.45, 2.75) is 40.5 Å². The molecule has 0 spiro atoms. The van der Waals surface area contributed by atoms with Gasteiger partial charge in [0.15, 0.2) is 0 Å². The lowest BCUT2D eigenvalue weighted by molar-refractivity contribution is 0.263. The second-order valence-electron chi connectivity index (χ2n) is 6.85. The highest BCUT2D eigenvalue weighted by Gasteiger charge is 2.33. The van der Waals surface area contributed by atoms with Crippen LogP contribution in [0.2, 0.25) is 0 Å². The molecule has 1 unspecified atom stereocenters. The van der Waals surface area contributed by atoms with Crippen molar-refractivity contribution in [1.29, 1.82) is 0 Å². The van der Waals surface area contributed by atoms with Crippen LogP contribution >= 0.6 is 0 Å². The van der Waals surface area contributed by atoms with Crippen LogP contribution in [-0.4, -0.2) is 29.4 Å². The molecule has 2 heterocycles. The van der Waals surface area contributed by atoms with E-state index in [9.17, 15) is 0 Å². The lowest BCUT2D eigenvalue weighted by Crippen LogP contribution is -2.28. The van der Waals surface area contributed by atoms with Crippen LogP contribution < -0.4 is 10.6 Å². The molecule has 108 valence electrons. The Hall–Kier alpha value is -1.03. The summed E-state index contributed by atoms with van der Waals surface area (Å²) in [5, 5.41) is 4.58. The van der Waals surface area contributed by atoms with E-state index in [0.29, 0.717) is 12.0 Å². The summed E-state index contributed by atoms with van der Waals surface area (Å²) in [7, 11) is 2.05. The van der Waals surface area contributed by atoms with Crippen molar-refractivity contribution >= 4 is 5.82 Å². The Balaban J connectivity index is 2.24. The fourth-order valence-corrected chi connectivity index (χ4v) is 3.18. The monoisotopic (exact) mass is 264 g/mol. The summed E-state index contributed by atoms with van der Waals surface area (Å²) < 4.78 is 2.03. The predicted molar refractivity (Wildman–Crippen MR) is 80.5 cm³/mol. The molecule has 1 atom stereocenters. The molecular formula is C15H28N4. The van der Waals surface area contributed by atoms with Gasteiger partial charge in [-0.2, -0.15) is 5.10 Å². The van der Waals surface area contributed by atoms with Gasteiger partial charge in [-0.3, -0.25) is 4.68 Å². The summed E-state index contributed by atoms with van der Waals surface area (Å²) in [6.07, 6.45) is 2.20. The van der Waals surface area contributed by atoms with Crippen molar-refractivity contribution in [1.82, 2.24) is 9.78 Å². The first kappa shape index (κ1) is 14.4. The summed E-state index contributed by atoms with van der Waals surface area (Å²) in [6, 6.07) is 0. The highest BCUT2D eigenvalue weighted by atomic mass is 15.4. The first-order valence-electron chi connectivity index (χ1n) is 7.32. The number of nitrogens with two attached hydrogens (primary N) is 1. The van der Waals surface area contributed by atoms with Crippen LogP contribution in [0.1, 0.15) is 38.4 Å². The maximum Gasteiger partial charge on any atom is 0.130 e. The van der Waals surface area contributed by atoms with Crippen molar-refractivity contribution in [2.75, 3.05) is 24.5 Å². The fourth-order valence-electron chi connectivity index (χ4n) is 3.18. The lowest BCUT2D eigenvalue weighted by Gasteiger charge is -2.27. The molecule has 0 amide bonds. The van der Waals surface area contributed by atoms with Gasteiger partial charge in [-0.15, -0.1) is 0 Å². The molecule has 1 aliphatic heterocycles. The number of nitrogens with zero attached hydrogens (tertiary/aromatic N) is 3. The summed E-state index contributed by atoms with van der Waals surface area (Å²) in [5.41, 5.74) is 8.59. The Kier molecular flexibility index (Phi) is 3.90. The molecule has 0 saturated carbocycles. The largest absolute Gasteiger partial charge is 0.356 e. The summed E-state index contributed by atoms with van der Waals surface area (Å²) >= 11 is 0. The van der Waals surface area contributed by atoms with Gasteiger partial charge in [-0.05, 0) is 37.6 Å². The van der Waals surface area contributed by atoms with E-state index in [1.165, 1.54) is 17.8 Å². The van der Waals surface area contributed by atoms with Crippen molar-refractivity contribution in [3.63, 3.8) is 0 Å². The molecule has 0 radical (unpaired) electrons. The number of aromatic nitrogens is 2. The predicted octanol–water partition coefficient (Wildman–Crippen LogP) is 2.10. The molecule has 19 heavy (non-hydrogen) atoms. The van der Waals surface area contributed by atoms with Crippen LogP contribution in [0.4, 0.5) is 5.82 Å². The van der Waals surface area contributed by atoms with Gasteiger partial charge < -0.3 is 10.6 Å². The van der Waals surface area contributed by atoms with E-state index in [2.05, 4.69) is 37.7 Å². The van der Waals surface area contributed by atoms with Gasteiger partial charge in [0.1, 0.15) is 5.82 Å². The molecule has 1 aromatic heterocycles. The third-order valence-electron chi connectivity index (χ3n) is 4.42. The fraction of sp³-hybridized carbons (Fsp3) is 0.800. The van der Waals surface area contributed by atoms with Crippen LogP contribution in [0.15, 0.2) is 0 Å². The minimum Gasteiger partial charge on any atom is -0.356 e. The third-order valence-corrected chi connectivity index (χ3v) is 4.42. The Labute approximate surface area is 117 Å². The molecule has 2 rings (SSSR count). The molecule has 4 nitrogen and oxygen atoms in total. The minimum absolute atomic E-state index is 0.385. The van der Waals surface area contributed by atoms with E-state index in [1.54, 1.807) is 0 Å². The first-order chi connectivity index (χ1) is 8.84.